The minimum atomic E-state index is -0.787. The summed E-state index contributed by atoms with van der Waals surface area (Å²) in [6.07, 6.45) is 2.73. The molecule has 1 aliphatic rings. The Morgan fingerprint density at radius 1 is 1.29 bits per heavy atom. The maximum atomic E-state index is 14.1. The van der Waals surface area contributed by atoms with Crippen LogP contribution in [0.15, 0.2) is 18.2 Å². The highest BCUT2D eigenvalue weighted by Gasteiger charge is 2.26. The van der Waals surface area contributed by atoms with Crippen LogP contribution in [-0.4, -0.2) is 65.5 Å². The molecule has 1 saturated heterocycles. The van der Waals surface area contributed by atoms with E-state index in [9.17, 15) is 14.0 Å². The molecule has 3 rings (SSSR count). The van der Waals surface area contributed by atoms with Gasteiger partial charge in [-0.2, -0.15) is 4.37 Å². The van der Waals surface area contributed by atoms with Crippen LogP contribution < -0.4 is 21.1 Å². The van der Waals surface area contributed by atoms with Crippen molar-refractivity contribution in [1.82, 2.24) is 19.5 Å². The van der Waals surface area contributed by atoms with Gasteiger partial charge in [0.1, 0.15) is 23.0 Å². The van der Waals surface area contributed by atoms with E-state index in [0.717, 1.165) is 62.5 Å². The highest BCUT2D eigenvalue weighted by molar-refractivity contribution is 7.11. The number of aryl methyl sites for hydroxylation is 1. The molecule has 0 bridgehead atoms. The zero-order valence-corrected chi connectivity index (χ0v) is 20.7. The van der Waals surface area contributed by atoms with Crippen molar-refractivity contribution in [1.29, 1.82) is 0 Å². The third kappa shape index (κ3) is 6.87. The summed E-state index contributed by atoms with van der Waals surface area (Å²) < 4.78 is 23.8. The lowest BCUT2D eigenvalue weighted by Gasteiger charge is -2.38. The summed E-state index contributed by atoms with van der Waals surface area (Å²) in [7, 11) is 2.08. The van der Waals surface area contributed by atoms with Crippen molar-refractivity contribution in [3.63, 3.8) is 0 Å². The van der Waals surface area contributed by atoms with Crippen LogP contribution >= 0.6 is 11.5 Å². The number of nitrogens with two attached hydrogens (primary N) is 1. The molecule has 1 aliphatic heterocycles. The van der Waals surface area contributed by atoms with Gasteiger partial charge in [-0.1, -0.05) is 31.9 Å². The van der Waals surface area contributed by atoms with Crippen LogP contribution in [0, 0.1) is 12.7 Å². The van der Waals surface area contributed by atoms with Crippen molar-refractivity contribution in [3.05, 3.63) is 40.7 Å². The number of primary amides is 1. The van der Waals surface area contributed by atoms with Crippen LogP contribution in [0.5, 0.6) is 5.88 Å². The number of nitrogens with zero attached hydrogens (tertiary/aromatic N) is 3. The van der Waals surface area contributed by atoms with E-state index in [-0.39, 0.29) is 29.2 Å². The van der Waals surface area contributed by atoms with E-state index in [1.165, 1.54) is 6.07 Å². The van der Waals surface area contributed by atoms with Gasteiger partial charge in [-0.3, -0.25) is 15.0 Å². The highest BCUT2D eigenvalue weighted by Crippen LogP contribution is 2.31. The minimum absolute atomic E-state index is 0.0302. The van der Waals surface area contributed by atoms with E-state index < -0.39 is 17.8 Å². The summed E-state index contributed by atoms with van der Waals surface area (Å²) in [6, 6.07) is 4.34. The van der Waals surface area contributed by atoms with E-state index in [2.05, 4.69) is 38.8 Å². The number of aromatic nitrogens is 1. The number of urea groups is 1. The Morgan fingerprint density at radius 2 is 2.03 bits per heavy atom. The number of amides is 3. The molecule has 1 aromatic carbocycles. The minimum Gasteiger partial charge on any atom is -0.471 e. The SMILES string of the molecule is CCCCC(NC(=O)Nc1snc(OCc2ccc(C)cc2F)c1C(N)=O)N1CCN(C)CC1. The number of carbonyl (C=O) groups is 2. The standard InChI is InChI=1S/C23H33FN6O3S/c1-4-5-6-18(30-11-9-29(3)10-12-30)26-23(32)27-22-19(20(25)31)21(28-34-22)33-14-16-8-7-15(2)13-17(16)24/h7-8,13,18H,4-6,9-12,14H2,1-3H3,(H2,25,31)(H2,26,27,32). The molecule has 1 fully saturated rings. The Labute approximate surface area is 203 Å². The smallest absolute Gasteiger partial charge is 0.321 e. The molecular weight excluding hydrogens is 459 g/mol. The molecule has 3 amide bonds. The zero-order valence-electron chi connectivity index (χ0n) is 19.9. The second-order valence-corrected chi connectivity index (χ2v) is 9.31. The maximum Gasteiger partial charge on any atom is 0.321 e. The molecule has 9 nitrogen and oxygen atoms in total. The lowest BCUT2D eigenvalue weighted by Crippen LogP contribution is -2.55. The summed E-state index contributed by atoms with van der Waals surface area (Å²) in [5.41, 5.74) is 6.63. The Kier molecular flexibility index (Phi) is 9.20. The third-order valence-electron chi connectivity index (χ3n) is 5.81. The Morgan fingerprint density at radius 3 is 2.68 bits per heavy atom. The predicted octanol–water partition coefficient (Wildman–Crippen LogP) is 3.15. The molecule has 34 heavy (non-hydrogen) atoms. The fourth-order valence-corrected chi connectivity index (χ4v) is 4.50. The summed E-state index contributed by atoms with van der Waals surface area (Å²) in [6.45, 7) is 7.39. The van der Waals surface area contributed by atoms with Gasteiger partial charge in [-0.25, -0.2) is 9.18 Å². The molecule has 2 heterocycles. The second kappa shape index (κ2) is 12.1. The molecule has 0 saturated carbocycles. The molecule has 2 aromatic rings. The van der Waals surface area contributed by atoms with Crippen LogP contribution in [0.4, 0.5) is 14.2 Å². The van der Waals surface area contributed by atoms with Crippen molar-refractivity contribution in [2.75, 3.05) is 38.5 Å². The fourth-order valence-electron chi connectivity index (χ4n) is 3.76. The number of anilines is 1. The number of hydrogen-bond acceptors (Lipinski definition) is 7. The van der Waals surface area contributed by atoms with Crippen LogP contribution in [0.25, 0.3) is 0 Å². The van der Waals surface area contributed by atoms with Crippen molar-refractivity contribution >= 4 is 28.5 Å². The molecule has 11 heteroatoms. The molecule has 0 spiro atoms. The van der Waals surface area contributed by atoms with Gasteiger partial charge in [0.25, 0.3) is 5.91 Å². The van der Waals surface area contributed by atoms with E-state index in [4.69, 9.17) is 10.5 Å². The van der Waals surface area contributed by atoms with Gasteiger partial charge in [-0.15, -0.1) is 0 Å². The van der Waals surface area contributed by atoms with Crippen LogP contribution in [0.2, 0.25) is 0 Å². The van der Waals surface area contributed by atoms with Crippen LogP contribution in [0.1, 0.15) is 47.7 Å². The third-order valence-corrected chi connectivity index (χ3v) is 6.56. The van der Waals surface area contributed by atoms with Gasteiger partial charge in [-0.05, 0) is 43.6 Å². The number of benzene rings is 1. The number of unbranched alkanes of at least 4 members (excludes halogenated alkanes) is 1. The monoisotopic (exact) mass is 492 g/mol. The maximum absolute atomic E-state index is 14.1. The molecule has 0 aliphatic carbocycles. The normalized spacial score (nSPS) is 15.6. The van der Waals surface area contributed by atoms with Gasteiger partial charge in [0, 0.05) is 31.7 Å². The zero-order chi connectivity index (χ0) is 24.7. The number of rotatable bonds is 10. The van der Waals surface area contributed by atoms with Gasteiger partial charge < -0.3 is 20.7 Å². The molecule has 4 N–H and O–H groups in total. The first-order chi connectivity index (χ1) is 16.3. The van der Waals surface area contributed by atoms with E-state index in [0.29, 0.717) is 5.56 Å². The lowest BCUT2D eigenvalue weighted by molar-refractivity contribution is 0.0935. The summed E-state index contributed by atoms with van der Waals surface area (Å²) in [5.74, 6) is -1.23. The molecule has 1 unspecified atom stereocenters. The molecule has 186 valence electrons. The number of nitrogens with one attached hydrogen (secondary N) is 2. The molecule has 0 radical (unpaired) electrons. The second-order valence-electron chi connectivity index (χ2n) is 8.54. The van der Waals surface area contributed by atoms with Crippen LogP contribution in [0.3, 0.4) is 0 Å². The van der Waals surface area contributed by atoms with Crippen molar-refractivity contribution in [2.24, 2.45) is 5.73 Å². The Bertz CT molecular complexity index is 993. The van der Waals surface area contributed by atoms with Gasteiger partial charge >= 0.3 is 6.03 Å². The quantitative estimate of drug-likeness (QED) is 0.470. The molecule has 1 atom stereocenters. The predicted molar refractivity (Wildman–Crippen MR) is 131 cm³/mol. The van der Waals surface area contributed by atoms with E-state index in [1.807, 2.05) is 0 Å². The summed E-state index contributed by atoms with van der Waals surface area (Å²) in [4.78, 5) is 29.4. The molecule has 1 aromatic heterocycles. The summed E-state index contributed by atoms with van der Waals surface area (Å²) in [5, 5.41) is 5.91. The van der Waals surface area contributed by atoms with E-state index >= 15 is 0 Å². The highest BCUT2D eigenvalue weighted by atomic mass is 32.1. The average Bonchev–Trinajstić information content (AvgIpc) is 3.19. The fraction of sp³-hybridized carbons (Fsp3) is 0.522. The first kappa shape index (κ1) is 25.9. The van der Waals surface area contributed by atoms with Gasteiger partial charge in [0.2, 0.25) is 5.88 Å². The first-order valence-corrected chi connectivity index (χ1v) is 12.2. The number of piperazine rings is 1. The number of carbonyl (C=O) groups excluding carboxylic acids is 2. The Balaban J connectivity index is 1.66. The number of halogens is 1. The average molecular weight is 493 g/mol. The summed E-state index contributed by atoms with van der Waals surface area (Å²) >= 11 is 0.894. The first-order valence-electron chi connectivity index (χ1n) is 11.5. The molecular formula is C23H33FN6O3S. The van der Waals surface area contributed by atoms with Crippen molar-refractivity contribution in [3.8, 4) is 5.88 Å². The van der Waals surface area contributed by atoms with Gasteiger partial charge in [0.15, 0.2) is 0 Å². The van der Waals surface area contributed by atoms with E-state index in [1.54, 1.807) is 19.1 Å². The largest absolute Gasteiger partial charge is 0.471 e. The van der Waals surface area contributed by atoms with Crippen LogP contribution in [-0.2, 0) is 6.61 Å². The topological polar surface area (TPSA) is 113 Å². The lowest BCUT2D eigenvalue weighted by atomic mass is 10.1. The van der Waals surface area contributed by atoms with Gasteiger partial charge in [0.05, 0.1) is 6.17 Å². The number of likely N-dealkylation sites (N-methyl/N-ethyl adjacent to an activating group) is 1. The van der Waals surface area contributed by atoms with Crippen molar-refractivity contribution in [2.45, 2.75) is 45.9 Å². The number of hydrogen-bond donors (Lipinski definition) is 3. The Hall–Kier alpha value is -2.76. The van der Waals surface area contributed by atoms with Crippen molar-refractivity contribution < 1.29 is 18.7 Å². The number of ether oxygens (including phenoxy) is 1.